The first-order valence-corrected chi connectivity index (χ1v) is 13.2. The summed E-state index contributed by atoms with van der Waals surface area (Å²) in [7, 11) is 0. The lowest BCUT2D eigenvalue weighted by molar-refractivity contribution is 0.122. The molecule has 0 bridgehead atoms. The van der Waals surface area contributed by atoms with Gasteiger partial charge in [-0.2, -0.15) is 0 Å². The molecule has 1 aliphatic rings. The van der Waals surface area contributed by atoms with Gasteiger partial charge in [0.05, 0.1) is 13.2 Å². The van der Waals surface area contributed by atoms with Crippen molar-refractivity contribution in [2.45, 2.75) is 0 Å². The Morgan fingerprint density at radius 2 is 1.59 bits per heavy atom. The van der Waals surface area contributed by atoms with Crippen LogP contribution in [0.25, 0.3) is 38.3 Å². The number of aromatic nitrogens is 4. The third-order valence-electron chi connectivity index (χ3n) is 6.66. The number of morpholine rings is 1. The summed E-state index contributed by atoms with van der Waals surface area (Å²) in [5, 5.41) is 6.81. The van der Waals surface area contributed by atoms with E-state index in [-0.39, 0.29) is 0 Å². The van der Waals surface area contributed by atoms with Gasteiger partial charge in [0.1, 0.15) is 6.33 Å². The second-order valence-corrected chi connectivity index (χ2v) is 9.85. The van der Waals surface area contributed by atoms with Gasteiger partial charge in [-0.1, -0.05) is 36.4 Å². The van der Waals surface area contributed by atoms with E-state index in [0.29, 0.717) is 11.6 Å². The predicted octanol–water partition coefficient (Wildman–Crippen LogP) is 6.28. The highest BCUT2D eigenvalue weighted by Gasteiger charge is 2.18. The van der Waals surface area contributed by atoms with Crippen molar-refractivity contribution in [2.75, 3.05) is 36.5 Å². The fourth-order valence-corrected chi connectivity index (χ4v) is 5.69. The van der Waals surface area contributed by atoms with Crippen molar-refractivity contribution in [3.8, 4) is 17.1 Å². The van der Waals surface area contributed by atoms with Crippen molar-refractivity contribution in [1.29, 1.82) is 0 Å². The molecule has 6 aromatic rings. The Balaban J connectivity index is 1.33. The molecule has 3 aromatic carbocycles. The van der Waals surface area contributed by atoms with Gasteiger partial charge in [0.25, 0.3) is 0 Å². The van der Waals surface area contributed by atoms with E-state index in [1.807, 2.05) is 29.1 Å². The topological polar surface area (TPSA) is 68.1 Å². The highest BCUT2D eigenvalue weighted by molar-refractivity contribution is 7.17. The average Bonchev–Trinajstić information content (AvgIpc) is 3.59. The minimum Gasteiger partial charge on any atom is -0.378 e. The lowest BCUT2D eigenvalue weighted by Crippen LogP contribution is -2.36. The van der Waals surface area contributed by atoms with Crippen LogP contribution in [-0.4, -0.2) is 45.8 Å². The molecule has 0 radical (unpaired) electrons. The molecule has 1 N–H and O–H groups in total. The predicted molar refractivity (Wildman–Crippen MR) is 150 cm³/mol. The van der Waals surface area contributed by atoms with Crippen LogP contribution in [0.5, 0.6) is 0 Å². The number of ether oxygens (including phenoxy) is 1. The Kier molecular flexibility index (Phi) is 5.53. The van der Waals surface area contributed by atoms with E-state index in [4.69, 9.17) is 19.7 Å². The molecule has 0 unspecified atom stereocenters. The molecule has 0 saturated carbocycles. The minimum atomic E-state index is 0.676. The van der Waals surface area contributed by atoms with Gasteiger partial charge in [0, 0.05) is 51.2 Å². The largest absolute Gasteiger partial charge is 0.378 e. The number of imidazole rings is 1. The summed E-state index contributed by atoms with van der Waals surface area (Å²) >= 11 is 1.71. The van der Waals surface area contributed by atoms with Gasteiger partial charge in [-0.25, -0.2) is 15.0 Å². The number of hydrogen-bond acceptors (Lipinski definition) is 7. The molecule has 4 heterocycles. The standard InChI is InChI=1S/C29H24N6OS/c1-2-6-22(7-3-1)35-19-30-26-28(31-20-10-12-21(13-11-20)34-14-16-36-17-15-34)32-27(33-29(26)35)24-18-37-25-9-5-4-8-23(24)25/h1-13,18-19H,14-17H2,(H,31,32,33). The molecule has 1 fully saturated rings. The van der Waals surface area contributed by atoms with Gasteiger partial charge in [-0.05, 0) is 42.5 Å². The maximum Gasteiger partial charge on any atom is 0.170 e. The number of rotatable bonds is 5. The van der Waals surface area contributed by atoms with Crippen molar-refractivity contribution in [3.63, 3.8) is 0 Å². The summed E-state index contributed by atoms with van der Waals surface area (Å²) in [4.78, 5) is 17.1. The third-order valence-corrected chi connectivity index (χ3v) is 7.62. The molecule has 7 rings (SSSR count). The monoisotopic (exact) mass is 504 g/mol. The zero-order valence-corrected chi connectivity index (χ0v) is 20.9. The van der Waals surface area contributed by atoms with Crippen LogP contribution in [0.1, 0.15) is 0 Å². The summed E-state index contributed by atoms with van der Waals surface area (Å²) < 4.78 is 8.72. The summed E-state index contributed by atoms with van der Waals surface area (Å²) in [6, 6.07) is 27.0. The molecule has 0 amide bonds. The zero-order valence-electron chi connectivity index (χ0n) is 20.0. The molecule has 182 valence electrons. The number of nitrogens with zero attached hydrogens (tertiary/aromatic N) is 5. The summed E-state index contributed by atoms with van der Waals surface area (Å²) in [5.41, 5.74) is 5.66. The number of nitrogens with one attached hydrogen (secondary N) is 1. The quantitative estimate of drug-likeness (QED) is 0.298. The molecular weight excluding hydrogens is 480 g/mol. The first kappa shape index (κ1) is 22.0. The van der Waals surface area contributed by atoms with Gasteiger partial charge < -0.3 is 15.0 Å². The van der Waals surface area contributed by atoms with Gasteiger partial charge in [-0.3, -0.25) is 4.57 Å². The second-order valence-electron chi connectivity index (χ2n) is 8.93. The molecule has 7 nitrogen and oxygen atoms in total. The number of anilines is 3. The van der Waals surface area contributed by atoms with E-state index in [9.17, 15) is 0 Å². The fraction of sp³-hybridized carbons (Fsp3) is 0.138. The first-order chi connectivity index (χ1) is 18.3. The molecule has 0 aliphatic carbocycles. The van der Waals surface area contributed by atoms with Crippen LogP contribution in [0, 0.1) is 0 Å². The van der Waals surface area contributed by atoms with E-state index in [2.05, 4.69) is 76.3 Å². The minimum absolute atomic E-state index is 0.676. The molecule has 1 saturated heterocycles. The molecule has 0 atom stereocenters. The van der Waals surface area contributed by atoms with Crippen molar-refractivity contribution >= 4 is 49.8 Å². The van der Waals surface area contributed by atoms with Crippen molar-refractivity contribution in [3.05, 3.63) is 90.6 Å². The van der Waals surface area contributed by atoms with E-state index >= 15 is 0 Å². The lowest BCUT2D eigenvalue weighted by Gasteiger charge is -2.28. The van der Waals surface area contributed by atoms with E-state index in [1.54, 1.807) is 11.3 Å². The third kappa shape index (κ3) is 4.10. The van der Waals surface area contributed by atoms with E-state index < -0.39 is 0 Å². The van der Waals surface area contributed by atoms with E-state index in [1.165, 1.54) is 10.4 Å². The van der Waals surface area contributed by atoms with Crippen LogP contribution in [-0.2, 0) is 4.74 Å². The van der Waals surface area contributed by atoms with Crippen LogP contribution in [0.4, 0.5) is 17.2 Å². The first-order valence-electron chi connectivity index (χ1n) is 12.3. The van der Waals surface area contributed by atoms with Crippen LogP contribution >= 0.6 is 11.3 Å². The second kappa shape index (κ2) is 9.31. The maximum absolute atomic E-state index is 5.49. The number of hydrogen-bond donors (Lipinski definition) is 1. The zero-order chi connectivity index (χ0) is 24.6. The molecule has 8 heteroatoms. The number of thiophene rings is 1. The van der Waals surface area contributed by atoms with E-state index in [0.717, 1.165) is 59.8 Å². The Bertz CT molecular complexity index is 1690. The van der Waals surface area contributed by atoms with Crippen LogP contribution in [0.15, 0.2) is 90.6 Å². The van der Waals surface area contributed by atoms with Crippen LogP contribution in [0.3, 0.4) is 0 Å². The Labute approximate surface area is 218 Å². The molecule has 3 aromatic heterocycles. The summed E-state index contributed by atoms with van der Waals surface area (Å²) in [6.07, 6.45) is 1.82. The summed E-state index contributed by atoms with van der Waals surface area (Å²) in [5.74, 6) is 1.36. The molecule has 37 heavy (non-hydrogen) atoms. The van der Waals surface area contributed by atoms with Crippen molar-refractivity contribution in [1.82, 2.24) is 19.5 Å². The van der Waals surface area contributed by atoms with Crippen LogP contribution < -0.4 is 10.2 Å². The summed E-state index contributed by atoms with van der Waals surface area (Å²) in [6.45, 7) is 3.36. The number of para-hydroxylation sites is 1. The SMILES string of the molecule is c1ccc(-n2cnc3c(Nc4ccc(N5CCOCC5)cc4)nc(-c4csc5ccccc45)nc32)cc1. The smallest absolute Gasteiger partial charge is 0.170 e. The highest BCUT2D eigenvalue weighted by atomic mass is 32.1. The van der Waals surface area contributed by atoms with Gasteiger partial charge in [-0.15, -0.1) is 11.3 Å². The average molecular weight is 505 g/mol. The van der Waals surface area contributed by atoms with Crippen molar-refractivity contribution in [2.24, 2.45) is 0 Å². The highest BCUT2D eigenvalue weighted by Crippen LogP contribution is 2.35. The Hall–Kier alpha value is -4.27. The molecule has 1 aliphatic heterocycles. The number of benzene rings is 3. The lowest BCUT2D eigenvalue weighted by atomic mass is 10.1. The molecular formula is C29H24N6OS. The molecule has 0 spiro atoms. The number of fused-ring (bicyclic) bond motifs is 2. The maximum atomic E-state index is 5.49. The Morgan fingerprint density at radius 1 is 0.811 bits per heavy atom. The van der Waals surface area contributed by atoms with Gasteiger partial charge in [0.2, 0.25) is 0 Å². The van der Waals surface area contributed by atoms with Crippen LogP contribution in [0.2, 0.25) is 0 Å². The fourth-order valence-electron chi connectivity index (χ4n) is 4.75. The Morgan fingerprint density at radius 3 is 2.43 bits per heavy atom. The van der Waals surface area contributed by atoms with Gasteiger partial charge in [0.15, 0.2) is 22.8 Å². The normalized spacial score (nSPS) is 13.9. The van der Waals surface area contributed by atoms with Gasteiger partial charge >= 0.3 is 0 Å². The van der Waals surface area contributed by atoms with Crippen molar-refractivity contribution < 1.29 is 4.74 Å².